The molecule has 0 heterocycles. The maximum absolute atomic E-state index is 11.4. The van der Waals surface area contributed by atoms with Gasteiger partial charge in [0.2, 0.25) is 0 Å². The van der Waals surface area contributed by atoms with E-state index in [0.29, 0.717) is 6.61 Å². The molecule has 0 aromatic heterocycles. The highest BCUT2D eigenvalue weighted by molar-refractivity contribution is 7.90. The molecule has 0 saturated heterocycles. The first-order valence-corrected chi connectivity index (χ1v) is 8.51. The Hall–Kier alpha value is -0.910. The lowest BCUT2D eigenvalue weighted by molar-refractivity contribution is 0.202. The third-order valence-electron chi connectivity index (χ3n) is 2.90. The number of hydrogen-bond acceptors (Lipinski definition) is 4. The Morgan fingerprint density at radius 2 is 1.89 bits per heavy atom. The molecule has 0 aliphatic carbocycles. The molecule has 0 amide bonds. The lowest BCUT2D eigenvalue weighted by Crippen LogP contribution is -2.27. The summed E-state index contributed by atoms with van der Waals surface area (Å²) < 4.78 is 27.9. The Balaban J connectivity index is 2.79. The summed E-state index contributed by atoms with van der Waals surface area (Å²) in [6, 6.07) is 7.89. The topological polar surface area (TPSA) is 55.4 Å². The van der Waals surface area contributed by atoms with Gasteiger partial charge in [-0.2, -0.15) is 0 Å². The fourth-order valence-electron chi connectivity index (χ4n) is 1.96. The molecular weight excluding hydrogens is 262 g/mol. The lowest BCUT2D eigenvalue weighted by Gasteiger charge is -2.17. The molecule has 0 aliphatic rings. The smallest absolute Gasteiger partial charge is 0.149 e. The largest absolute Gasteiger partial charge is 0.384 e. The number of ether oxygens (including phenoxy) is 1. The molecule has 19 heavy (non-hydrogen) atoms. The summed E-state index contributed by atoms with van der Waals surface area (Å²) in [5.41, 5.74) is 2.20. The first-order valence-electron chi connectivity index (χ1n) is 6.45. The summed E-state index contributed by atoms with van der Waals surface area (Å²) in [5.74, 6) is 0.123. The molecule has 0 fully saturated rings. The quantitative estimate of drug-likeness (QED) is 0.788. The van der Waals surface area contributed by atoms with Crippen molar-refractivity contribution >= 4 is 9.84 Å². The summed E-state index contributed by atoms with van der Waals surface area (Å²) in [4.78, 5) is 0. The summed E-state index contributed by atoms with van der Waals surface area (Å²) in [6.45, 7) is 3.41. The minimum Gasteiger partial charge on any atom is -0.384 e. The Morgan fingerprint density at radius 3 is 2.37 bits per heavy atom. The molecular formula is C14H23NO3S. The fourth-order valence-corrected chi connectivity index (χ4v) is 2.87. The summed E-state index contributed by atoms with van der Waals surface area (Å²) in [7, 11) is -1.32. The highest BCUT2D eigenvalue weighted by Crippen LogP contribution is 2.16. The van der Waals surface area contributed by atoms with Crippen molar-refractivity contribution in [2.75, 3.05) is 32.3 Å². The second kappa shape index (κ2) is 7.62. The van der Waals surface area contributed by atoms with E-state index in [0.717, 1.165) is 18.5 Å². The van der Waals surface area contributed by atoms with E-state index in [2.05, 4.69) is 5.32 Å². The summed E-state index contributed by atoms with van der Waals surface area (Å²) in [5, 5.41) is 3.21. The van der Waals surface area contributed by atoms with Gasteiger partial charge in [-0.15, -0.1) is 0 Å². The van der Waals surface area contributed by atoms with E-state index in [1.807, 2.05) is 31.2 Å². The molecule has 5 heteroatoms. The number of benzene rings is 1. The van der Waals surface area contributed by atoms with Crippen LogP contribution in [0.25, 0.3) is 0 Å². The zero-order valence-electron chi connectivity index (χ0n) is 11.8. The van der Waals surface area contributed by atoms with E-state index >= 15 is 0 Å². The molecule has 0 saturated carbocycles. The number of sulfone groups is 1. The van der Waals surface area contributed by atoms with Gasteiger partial charge in [-0.25, -0.2) is 8.42 Å². The van der Waals surface area contributed by atoms with E-state index in [-0.39, 0.29) is 11.8 Å². The SMILES string of the molecule is CCNC(CS(C)(=O)=O)c1ccc(CCOC)cc1. The normalized spacial score (nSPS) is 13.4. The van der Waals surface area contributed by atoms with Gasteiger partial charge in [-0.05, 0) is 24.1 Å². The van der Waals surface area contributed by atoms with Gasteiger partial charge >= 0.3 is 0 Å². The van der Waals surface area contributed by atoms with Gasteiger partial charge in [0.25, 0.3) is 0 Å². The standard InChI is InChI=1S/C14H23NO3S/c1-4-15-14(11-19(3,16)17)13-7-5-12(6-8-13)9-10-18-2/h5-8,14-15H,4,9-11H2,1-3H3. The van der Waals surface area contributed by atoms with Crippen LogP contribution in [0.4, 0.5) is 0 Å². The van der Waals surface area contributed by atoms with Crippen LogP contribution >= 0.6 is 0 Å². The zero-order valence-corrected chi connectivity index (χ0v) is 12.7. The molecule has 1 atom stereocenters. The molecule has 0 spiro atoms. The van der Waals surface area contributed by atoms with Gasteiger partial charge in [-0.3, -0.25) is 0 Å². The molecule has 1 rings (SSSR count). The van der Waals surface area contributed by atoms with E-state index in [9.17, 15) is 8.42 Å². The van der Waals surface area contributed by atoms with Crippen molar-refractivity contribution in [3.63, 3.8) is 0 Å². The number of methoxy groups -OCH3 is 1. The van der Waals surface area contributed by atoms with Crippen LogP contribution in [0.1, 0.15) is 24.1 Å². The maximum Gasteiger partial charge on any atom is 0.149 e. The first-order chi connectivity index (χ1) is 8.96. The molecule has 4 nitrogen and oxygen atoms in total. The van der Waals surface area contributed by atoms with Gasteiger partial charge in [0.05, 0.1) is 12.4 Å². The molecule has 1 aromatic carbocycles. The Morgan fingerprint density at radius 1 is 1.26 bits per heavy atom. The van der Waals surface area contributed by atoms with Crippen LogP contribution in [-0.4, -0.2) is 40.7 Å². The molecule has 0 bridgehead atoms. The van der Waals surface area contributed by atoms with Gasteiger partial charge in [-0.1, -0.05) is 31.2 Å². The van der Waals surface area contributed by atoms with E-state index in [1.54, 1.807) is 7.11 Å². The summed E-state index contributed by atoms with van der Waals surface area (Å²) in [6.07, 6.45) is 2.14. The van der Waals surface area contributed by atoms with Crippen molar-refractivity contribution in [1.29, 1.82) is 0 Å². The highest BCUT2D eigenvalue weighted by Gasteiger charge is 2.16. The van der Waals surface area contributed by atoms with Crippen LogP contribution in [-0.2, 0) is 21.0 Å². The molecule has 1 unspecified atom stereocenters. The van der Waals surface area contributed by atoms with E-state index < -0.39 is 9.84 Å². The predicted octanol–water partition coefficient (Wildman–Crippen LogP) is 1.57. The van der Waals surface area contributed by atoms with E-state index in [1.165, 1.54) is 11.8 Å². The number of nitrogens with one attached hydrogen (secondary N) is 1. The van der Waals surface area contributed by atoms with Gasteiger partial charge in [0, 0.05) is 19.4 Å². The molecule has 108 valence electrons. The highest BCUT2D eigenvalue weighted by atomic mass is 32.2. The second-order valence-corrected chi connectivity index (χ2v) is 6.87. The Labute approximate surface area is 116 Å². The molecule has 1 N–H and O–H groups in total. The van der Waals surface area contributed by atoms with Crippen molar-refractivity contribution in [2.45, 2.75) is 19.4 Å². The maximum atomic E-state index is 11.4. The Bertz CT molecular complexity index is 468. The average Bonchev–Trinajstić information content (AvgIpc) is 2.35. The molecule has 0 radical (unpaired) electrons. The number of hydrogen-bond donors (Lipinski definition) is 1. The van der Waals surface area contributed by atoms with Gasteiger partial charge in [0.1, 0.15) is 9.84 Å². The molecule has 1 aromatic rings. The lowest BCUT2D eigenvalue weighted by atomic mass is 10.0. The van der Waals surface area contributed by atoms with Crippen LogP contribution in [0, 0.1) is 0 Å². The van der Waals surface area contributed by atoms with Crippen molar-refractivity contribution in [3.8, 4) is 0 Å². The van der Waals surface area contributed by atoms with Crippen LogP contribution in [0.3, 0.4) is 0 Å². The predicted molar refractivity (Wildman–Crippen MR) is 78.2 cm³/mol. The first kappa shape index (κ1) is 16.1. The second-order valence-electron chi connectivity index (χ2n) is 4.69. The van der Waals surface area contributed by atoms with Crippen LogP contribution < -0.4 is 5.32 Å². The number of rotatable bonds is 8. The van der Waals surface area contributed by atoms with Gasteiger partial charge < -0.3 is 10.1 Å². The van der Waals surface area contributed by atoms with Crippen LogP contribution in [0.2, 0.25) is 0 Å². The zero-order chi connectivity index (χ0) is 14.3. The van der Waals surface area contributed by atoms with E-state index in [4.69, 9.17) is 4.74 Å². The fraction of sp³-hybridized carbons (Fsp3) is 0.571. The van der Waals surface area contributed by atoms with Crippen LogP contribution in [0.5, 0.6) is 0 Å². The van der Waals surface area contributed by atoms with Gasteiger partial charge in [0.15, 0.2) is 0 Å². The van der Waals surface area contributed by atoms with Crippen molar-refractivity contribution in [2.24, 2.45) is 0 Å². The van der Waals surface area contributed by atoms with Crippen molar-refractivity contribution < 1.29 is 13.2 Å². The minimum atomic E-state index is -3.00. The molecule has 0 aliphatic heterocycles. The monoisotopic (exact) mass is 285 g/mol. The Kier molecular flexibility index (Phi) is 6.48. The average molecular weight is 285 g/mol. The minimum absolute atomic E-state index is 0.123. The van der Waals surface area contributed by atoms with Crippen molar-refractivity contribution in [1.82, 2.24) is 5.32 Å². The third-order valence-corrected chi connectivity index (χ3v) is 3.84. The van der Waals surface area contributed by atoms with Crippen LogP contribution in [0.15, 0.2) is 24.3 Å². The third kappa shape index (κ3) is 6.18. The van der Waals surface area contributed by atoms with Crippen molar-refractivity contribution in [3.05, 3.63) is 35.4 Å². The summed E-state index contributed by atoms with van der Waals surface area (Å²) >= 11 is 0.